The maximum atomic E-state index is 10.9. The molecule has 0 saturated carbocycles. The number of nitrogens with zero attached hydrogens (tertiary/aromatic N) is 2. The van der Waals surface area contributed by atoms with E-state index in [-0.39, 0.29) is 10.6 Å². The molecule has 1 aromatic rings. The minimum absolute atomic E-state index is 0.110. The number of hydrogen-bond acceptors (Lipinski definition) is 5. The molecule has 0 aliphatic carbocycles. The molecule has 1 aromatic carbocycles. The van der Waals surface area contributed by atoms with Gasteiger partial charge in [0.2, 0.25) is 0 Å². The highest BCUT2D eigenvalue weighted by Gasteiger charge is 2.29. The SMILES string of the molecule is CCC1CCC(C)N1Cc1cc([N+](=O)[O-])ccc1NN. The summed E-state index contributed by atoms with van der Waals surface area (Å²) in [6.45, 7) is 5.09. The lowest BCUT2D eigenvalue weighted by Crippen LogP contribution is -2.33. The number of nitrogens with two attached hydrogens (primary N) is 1. The van der Waals surface area contributed by atoms with Crippen molar-refractivity contribution in [1.29, 1.82) is 0 Å². The number of nitro benzene ring substituents is 1. The van der Waals surface area contributed by atoms with Crippen molar-refractivity contribution in [2.75, 3.05) is 5.43 Å². The molecular formula is C14H22N4O2. The maximum Gasteiger partial charge on any atom is 0.269 e. The molecule has 2 atom stereocenters. The largest absolute Gasteiger partial charge is 0.324 e. The number of nitrogen functional groups attached to an aromatic ring is 1. The Morgan fingerprint density at radius 1 is 1.50 bits per heavy atom. The van der Waals surface area contributed by atoms with Crippen molar-refractivity contribution in [1.82, 2.24) is 4.90 Å². The quantitative estimate of drug-likeness (QED) is 0.491. The Hall–Kier alpha value is -1.66. The first-order chi connectivity index (χ1) is 9.56. The molecule has 1 aliphatic rings. The zero-order chi connectivity index (χ0) is 14.7. The second-order valence-electron chi connectivity index (χ2n) is 5.40. The molecule has 6 heteroatoms. The number of hydrogen-bond donors (Lipinski definition) is 2. The minimum atomic E-state index is -0.367. The van der Waals surface area contributed by atoms with E-state index in [1.165, 1.54) is 18.9 Å². The van der Waals surface area contributed by atoms with Crippen LogP contribution in [0.15, 0.2) is 18.2 Å². The molecule has 0 radical (unpaired) electrons. The number of nitro groups is 1. The van der Waals surface area contributed by atoms with E-state index in [1.807, 2.05) is 0 Å². The molecule has 0 aromatic heterocycles. The number of nitrogens with one attached hydrogen (secondary N) is 1. The summed E-state index contributed by atoms with van der Waals surface area (Å²) >= 11 is 0. The van der Waals surface area contributed by atoms with E-state index < -0.39 is 0 Å². The van der Waals surface area contributed by atoms with Crippen LogP contribution >= 0.6 is 0 Å². The van der Waals surface area contributed by atoms with Crippen molar-refractivity contribution in [3.63, 3.8) is 0 Å². The van der Waals surface area contributed by atoms with Crippen LogP contribution < -0.4 is 11.3 Å². The molecule has 0 amide bonds. The standard InChI is InChI=1S/C14H22N4O2/c1-3-12-5-4-10(2)17(12)9-11-8-13(18(19)20)6-7-14(11)16-15/h6-8,10,12,16H,3-5,9,15H2,1-2H3. The van der Waals surface area contributed by atoms with Crippen molar-refractivity contribution in [3.8, 4) is 0 Å². The van der Waals surface area contributed by atoms with Crippen LogP contribution in [0, 0.1) is 10.1 Å². The molecule has 20 heavy (non-hydrogen) atoms. The summed E-state index contributed by atoms with van der Waals surface area (Å²) < 4.78 is 0. The average molecular weight is 278 g/mol. The van der Waals surface area contributed by atoms with Gasteiger partial charge in [-0.15, -0.1) is 0 Å². The molecule has 1 saturated heterocycles. The number of anilines is 1. The fourth-order valence-corrected chi connectivity index (χ4v) is 3.01. The molecule has 2 rings (SSSR count). The summed E-state index contributed by atoms with van der Waals surface area (Å²) in [6, 6.07) is 5.82. The van der Waals surface area contributed by atoms with Gasteiger partial charge >= 0.3 is 0 Å². The van der Waals surface area contributed by atoms with E-state index in [0.29, 0.717) is 18.6 Å². The highest BCUT2D eigenvalue weighted by Crippen LogP contribution is 2.30. The summed E-state index contributed by atoms with van der Waals surface area (Å²) in [4.78, 5) is 13.0. The van der Waals surface area contributed by atoms with Gasteiger partial charge < -0.3 is 5.43 Å². The third-order valence-electron chi connectivity index (χ3n) is 4.23. The molecule has 2 unspecified atom stereocenters. The van der Waals surface area contributed by atoms with E-state index in [2.05, 4.69) is 24.2 Å². The molecule has 3 N–H and O–H groups in total. The first kappa shape index (κ1) is 14.7. The number of likely N-dealkylation sites (tertiary alicyclic amines) is 1. The summed E-state index contributed by atoms with van der Waals surface area (Å²) in [6.07, 6.45) is 3.47. The van der Waals surface area contributed by atoms with Gasteiger partial charge in [0.25, 0.3) is 5.69 Å². The van der Waals surface area contributed by atoms with E-state index in [0.717, 1.165) is 17.7 Å². The van der Waals surface area contributed by atoms with Crippen molar-refractivity contribution in [2.24, 2.45) is 5.84 Å². The van der Waals surface area contributed by atoms with Gasteiger partial charge in [-0.3, -0.25) is 20.9 Å². The number of benzene rings is 1. The predicted molar refractivity (Wildman–Crippen MR) is 79.2 cm³/mol. The predicted octanol–water partition coefficient (Wildman–Crippen LogP) is 2.64. The van der Waals surface area contributed by atoms with Crippen LogP contribution in [0.4, 0.5) is 11.4 Å². The van der Waals surface area contributed by atoms with Gasteiger partial charge in [0, 0.05) is 30.8 Å². The monoisotopic (exact) mass is 278 g/mol. The minimum Gasteiger partial charge on any atom is -0.324 e. The fraction of sp³-hybridized carbons (Fsp3) is 0.571. The van der Waals surface area contributed by atoms with Crippen molar-refractivity contribution < 1.29 is 4.92 Å². The first-order valence-electron chi connectivity index (χ1n) is 7.06. The van der Waals surface area contributed by atoms with Gasteiger partial charge in [0.1, 0.15) is 0 Å². The molecule has 0 bridgehead atoms. The van der Waals surface area contributed by atoms with Crippen molar-refractivity contribution >= 4 is 11.4 Å². The van der Waals surface area contributed by atoms with Crippen LogP contribution in [-0.2, 0) is 6.54 Å². The summed E-state index contributed by atoms with van der Waals surface area (Å²) in [5.41, 5.74) is 4.38. The fourth-order valence-electron chi connectivity index (χ4n) is 3.01. The van der Waals surface area contributed by atoms with Gasteiger partial charge in [0.15, 0.2) is 0 Å². The van der Waals surface area contributed by atoms with Gasteiger partial charge in [-0.2, -0.15) is 0 Å². The second kappa shape index (κ2) is 6.19. The summed E-state index contributed by atoms with van der Waals surface area (Å²) in [7, 11) is 0. The number of rotatable bonds is 5. The Balaban J connectivity index is 2.26. The van der Waals surface area contributed by atoms with Crippen molar-refractivity contribution in [3.05, 3.63) is 33.9 Å². The van der Waals surface area contributed by atoms with E-state index in [1.54, 1.807) is 12.1 Å². The van der Waals surface area contributed by atoms with Gasteiger partial charge in [-0.1, -0.05) is 6.92 Å². The van der Waals surface area contributed by atoms with E-state index in [9.17, 15) is 10.1 Å². The number of hydrazine groups is 1. The Labute approximate surface area is 119 Å². The average Bonchev–Trinajstić information content (AvgIpc) is 2.79. The second-order valence-corrected chi connectivity index (χ2v) is 5.40. The normalized spacial score (nSPS) is 22.9. The Bertz CT molecular complexity index is 492. The molecule has 1 heterocycles. The molecule has 0 spiro atoms. The molecular weight excluding hydrogens is 256 g/mol. The van der Waals surface area contributed by atoms with Crippen LogP contribution in [0.2, 0.25) is 0 Å². The lowest BCUT2D eigenvalue weighted by atomic mass is 10.1. The van der Waals surface area contributed by atoms with Crippen LogP contribution in [0.3, 0.4) is 0 Å². The Morgan fingerprint density at radius 2 is 2.25 bits per heavy atom. The molecule has 6 nitrogen and oxygen atoms in total. The number of non-ortho nitro benzene ring substituents is 1. The third kappa shape index (κ3) is 2.91. The zero-order valence-electron chi connectivity index (χ0n) is 12.0. The summed E-state index contributed by atoms with van der Waals surface area (Å²) in [5.74, 6) is 5.51. The molecule has 1 fully saturated rings. The smallest absolute Gasteiger partial charge is 0.269 e. The van der Waals surface area contributed by atoms with E-state index >= 15 is 0 Å². The first-order valence-corrected chi connectivity index (χ1v) is 7.06. The van der Waals surface area contributed by atoms with Gasteiger partial charge in [0.05, 0.1) is 10.6 Å². The molecule has 110 valence electrons. The van der Waals surface area contributed by atoms with Crippen molar-refractivity contribution in [2.45, 2.75) is 51.7 Å². The topological polar surface area (TPSA) is 84.4 Å². The summed E-state index contributed by atoms with van der Waals surface area (Å²) in [5, 5.41) is 10.9. The van der Waals surface area contributed by atoms with Gasteiger partial charge in [-0.25, -0.2) is 0 Å². The Morgan fingerprint density at radius 3 is 2.85 bits per heavy atom. The highest BCUT2D eigenvalue weighted by atomic mass is 16.6. The lowest BCUT2D eigenvalue weighted by Gasteiger charge is -2.28. The zero-order valence-corrected chi connectivity index (χ0v) is 12.0. The van der Waals surface area contributed by atoms with Crippen LogP contribution in [0.5, 0.6) is 0 Å². The van der Waals surface area contributed by atoms with Crippen LogP contribution in [0.25, 0.3) is 0 Å². The highest BCUT2D eigenvalue weighted by molar-refractivity contribution is 5.55. The maximum absolute atomic E-state index is 10.9. The third-order valence-corrected chi connectivity index (χ3v) is 4.23. The Kier molecular flexibility index (Phi) is 4.57. The van der Waals surface area contributed by atoms with Gasteiger partial charge in [-0.05, 0) is 37.8 Å². The lowest BCUT2D eigenvalue weighted by molar-refractivity contribution is -0.384. The van der Waals surface area contributed by atoms with Crippen LogP contribution in [-0.4, -0.2) is 21.9 Å². The van der Waals surface area contributed by atoms with Crippen LogP contribution in [0.1, 0.15) is 38.7 Å². The molecule has 1 aliphatic heterocycles. The van der Waals surface area contributed by atoms with E-state index in [4.69, 9.17) is 5.84 Å².